The van der Waals surface area contributed by atoms with Crippen molar-refractivity contribution >= 4 is 13.7 Å². The van der Waals surface area contributed by atoms with E-state index >= 15 is 0 Å². The van der Waals surface area contributed by atoms with Crippen molar-refractivity contribution in [1.29, 1.82) is 0 Å². The van der Waals surface area contributed by atoms with E-state index in [1.165, 1.54) is 154 Å². The number of aliphatic hydroxyl groups is 1. The minimum Gasteiger partial charge on any atom is -0.756 e. The summed E-state index contributed by atoms with van der Waals surface area (Å²) in [7, 11) is 1.31. The summed E-state index contributed by atoms with van der Waals surface area (Å²) < 4.78 is 22.9. The Morgan fingerprint density at radius 3 is 1.31 bits per heavy atom. The third-order valence-corrected chi connectivity index (χ3v) is 11.3. The van der Waals surface area contributed by atoms with E-state index in [2.05, 4.69) is 19.2 Å². The van der Waals surface area contributed by atoms with Gasteiger partial charge in [0, 0.05) is 6.42 Å². The Morgan fingerprint density at radius 1 is 0.596 bits per heavy atom. The number of likely N-dealkylation sites (N-methyl/N-ethyl adjacent to an activating group) is 1. The average molecular weight is 761 g/mol. The summed E-state index contributed by atoms with van der Waals surface area (Å²) in [6, 6.07) is -0.789. The monoisotopic (exact) mass is 761 g/mol. The highest BCUT2D eigenvalue weighted by Gasteiger charge is 2.24. The number of phosphoric ester groups is 1. The first kappa shape index (κ1) is 51.5. The second kappa shape index (κ2) is 36.2. The summed E-state index contributed by atoms with van der Waals surface area (Å²) in [5, 5.41) is 13.5. The third kappa shape index (κ3) is 37.8. The number of hydrogen-bond donors (Lipinski definition) is 2. The van der Waals surface area contributed by atoms with Crippen molar-refractivity contribution in [2.45, 2.75) is 231 Å². The Kier molecular flexibility index (Phi) is 35.8. The fourth-order valence-electron chi connectivity index (χ4n) is 6.75. The van der Waals surface area contributed by atoms with Crippen LogP contribution in [0, 0.1) is 0 Å². The molecule has 0 aliphatic rings. The summed E-state index contributed by atoms with van der Waals surface area (Å²) in [6.45, 7) is 4.57. The van der Waals surface area contributed by atoms with Crippen molar-refractivity contribution in [2.75, 3.05) is 40.9 Å². The first-order valence-corrected chi connectivity index (χ1v) is 23.8. The molecule has 0 aliphatic heterocycles. The lowest BCUT2D eigenvalue weighted by molar-refractivity contribution is -0.870. The van der Waals surface area contributed by atoms with E-state index in [-0.39, 0.29) is 19.1 Å². The molecule has 1 amide bonds. The van der Waals surface area contributed by atoms with E-state index in [9.17, 15) is 19.4 Å². The summed E-state index contributed by atoms with van der Waals surface area (Å²) in [4.78, 5) is 25.0. The molecule has 0 spiro atoms. The lowest BCUT2D eigenvalue weighted by Gasteiger charge is -2.30. The van der Waals surface area contributed by atoms with Gasteiger partial charge in [0.05, 0.1) is 39.9 Å². The van der Waals surface area contributed by atoms with Gasteiger partial charge in [-0.25, -0.2) is 0 Å². The highest BCUT2D eigenvalue weighted by molar-refractivity contribution is 7.45. The number of nitrogens with zero attached hydrogens (tertiary/aromatic N) is 1. The molecule has 0 aromatic rings. The Labute approximate surface area is 323 Å². The second-order valence-corrected chi connectivity index (χ2v) is 18.2. The normalized spacial score (nSPS) is 14.4. The van der Waals surface area contributed by atoms with Gasteiger partial charge in [-0.1, -0.05) is 200 Å². The Hall–Kier alpha value is -0.500. The number of rotatable bonds is 41. The number of phosphoric acid groups is 1. The molecule has 0 radical (unpaired) electrons. The van der Waals surface area contributed by atoms with Crippen LogP contribution >= 0.6 is 7.82 Å². The lowest BCUT2D eigenvalue weighted by Crippen LogP contribution is -2.46. The van der Waals surface area contributed by atoms with Crippen molar-refractivity contribution < 1.29 is 32.9 Å². The first-order valence-electron chi connectivity index (χ1n) is 22.4. The van der Waals surface area contributed by atoms with Gasteiger partial charge in [0.1, 0.15) is 13.2 Å². The molecule has 312 valence electrons. The van der Waals surface area contributed by atoms with Gasteiger partial charge in [-0.3, -0.25) is 9.36 Å². The Balaban J connectivity index is 3.76. The van der Waals surface area contributed by atoms with Crippen molar-refractivity contribution in [3.05, 3.63) is 0 Å². The molecular weight excluding hydrogens is 671 g/mol. The largest absolute Gasteiger partial charge is 0.756 e. The predicted molar refractivity (Wildman–Crippen MR) is 219 cm³/mol. The molecule has 0 aromatic carbocycles. The molecule has 0 saturated carbocycles. The zero-order valence-electron chi connectivity index (χ0n) is 35.3. The van der Waals surface area contributed by atoms with Gasteiger partial charge in [0.2, 0.25) is 5.91 Å². The van der Waals surface area contributed by atoms with Gasteiger partial charge in [-0.2, -0.15) is 0 Å². The molecule has 0 aliphatic carbocycles. The van der Waals surface area contributed by atoms with Gasteiger partial charge in [-0.05, 0) is 12.8 Å². The minimum absolute atomic E-state index is 0.0139. The number of aliphatic hydroxyl groups excluding tert-OH is 1. The molecule has 0 aromatic heterocycles. The molecule has 0 rings (SSSR count). The number of nitrogens with one attached hydrogen (secondary N) is 1. The number of amides is 1. The number of unbranched alkanes of at least 4 members (excludes halogenated alkanes) is 28. The Bertz CT molecular complexity index is 824. The second-order valence-electron chi connectivity index (χ2n) is 16.8. The van der Waals surface area contributed by atoms with Gasteiger partial charge in [0.25, 0.3) is 7.82 Å². The predicted octanol–water partition coefficient (Wildman–Crippen LogP) is 11.6. The number of hydrogen-bond acceptors (Lipinski definition) is 6. The maximum absolute atomic E-state index is 12.7. The van der Waals surface area contributed by atoms with Crippen LogP contribution in [-0.2, 0) is 18.4 Å². The van der Waals surface area contributed by atoms with Crippen LogP contribution < -0.4 is 10.2 Å². The molecule has 3 atom stereocenters. The van der Waals surface area contributed by atoms with Crippen molar-refractivity contribution in [3.8, 4) is 0 Å². The molecule has 0 saturated heterocycles. The summed E-state index contributed by atoms with van der Waals surface area (Å²) in [6.07, 6.45) is 39.3. The molecule has 8 nitrogen and oxygen atoms in total. The summed E-state index contributed by atoms with van der Waals surface area (Å²) in [5.74, 6) is -0.172. The van der Waals surface area contributed by atoms with Crippen molar-refractivity contribution in [3.63, 3.8) is 0 Å². The van der Waals surface area contributed by atoms with Crippen LogP contribution in [0.1, 0.15) is 219 Å². The summed E-state index contributed by atoms with van der Waals surface area (Å²) in [5.41, 5.74) is 0. The zero-order valence-corrected chi connectivity index (χ0v) is 36.2. The van der Waals surface area contributed by atoms with E-state index in [1.807, 2.05) is 21.1 Å². The maximum Gasteiger partial charge on any atom is 0.268 e. The topological polar surface area (TPSA) is 108 Å². The fraction of sp³-hybridized carbons (Fsp3) is 0.977. The molecule has 52 heavy (non-hydrogen) atoms. The number of quaternary nitrogens is 1. The molecule has 0 heterocycles. The minimum atomic E-state index is -4.53. The van der Waals surface area contributed by atoms with Gasteiger partial charge in [0.15, 0.2) is 0 Å². The Morgan fingerprint density at radius 2 is 0.942 bits per heavy atom. The van der Waals surface area contributed by atoms with Gasteiger partial charge >= 0.3 is 0 Å². The molecule has 0 fully saturated rings. The van der Waals surface area contributed by atoms with Gasteiger partial charge < -0.3 is 28.8 Å². The maximum atomic E-state index is 12.7. The van der Waals surface area contributed by atoms with Crippen LogP contribution in [0.25, 0.3) is 0 Å². The van der Waals surface area contributed by atoms with E-state index in [0.717, 1.165) is 38.5 Å². The van der Waals surface area contributed by atoms with E-state index in [1.54, 1.807) is 0 Å². The van der Waals surface area contributed by atoms with Crippen molar-refractivity contribution in [2.24, 2.45) is 0 Å². The van der Waals surface area contributed by atoms with E-state index in [0.29, 0.717) is 23.9 Å². The third-order valence-electron chi connectivity index (χ3n) is 10.3. The van der Waals surface area contributed by atoms with Gasteiger partial charge in [-0.15, -0.1) is 0 Å². The quantitative estimate of drug-likeness (QED) is 0.0365. The standard InChI is InChI=1S/C43H89N2O6P/c1-6-8-10-11-12-13-14-15-16-17-18-19-20-21-22-23-24-25-26-27-28-29-30-31-32-33-35-37-43(47)44-41(42(46)36-34-9-7-2)40-51-52(48,49)50-39-38-45(3,4)5/h41-42,46H,6-40H2,1-5H3,(H-,44,47,48,49). The molecule has 2 N–H and O–H groups in total. The molecular formula is C43H89N2O6P. The van der Waals surface area contributed by atoms with Crippen molar-refractivity contribution in [1.82, 2.24) is 5.32 Å². The molecule has 0 bridgehead atoms. The van der Waals surface area contributed by atoms with Crippen LogP contribution in [0.5, 0.6) is 0 Å². The fourth-order valence-corrected chi connectivity index (χ4v) is 7.47. The molecule has 9 heteroatoms. The van der Waals surface area contributed by atoms with Crippen LogP contribution in [0.15, 0.2) is 0 Å². The molecule has 3 unspecified atom stereocenters. The van der Waals surface area contributed by atoms with E-state index < -0.39 is 20.0 Å². The number of carbonyl (C=O) groups excluding carboxylic acids is 1. The highest BCUT2D eigenvalue weighted by Crippen LogP contribution is 2.38. The van der Waals surface area contributed by atoms with Crippen LogP contribution in [0.3, 0.4) is 0 Å². The summed E-state index contributed by atoms with van der Waals surface area (Å²) >= 11 is 0. The zero-order chi connectivity index (χ0) is 38.6. The average Bonchev–Trinajstić information content (AvgIpc) is 3.09. The highest BCUT2D eigenvalue weighted by atomic mass is 31.2. The van der Waals surface area contributed by atoms with Crippen LogP contribution in [0.2, 0.25) is 0 Å². The van der Waals surface area contributed by atoms with E-state index in [4.69, 9.17) is 9.05 Å². The van der Waals surface area contributed by atoms with Crippen LogP contribution in [-0.4, -0.2) is 68.5 Å². The lowest BCUT2D eigenvalue weighted by atomic mass is 10.0. The first-order chi connectivity index (χ1) is 25.0. The SMILES string of the molecule is CCCCCCCCCCCCCCCCCCCCCCCCCCCCCC(=O)NC(COP(=O)([O-])OCC[N+](C)(C)C)C(O)CCCCC. The number of carbonyl (C=O) groups is 1. The smallest absolute Gasteiger partial charge is 0.268 e. The van der Waals surface area contributed by atoms with Crippen LogP contribution in [0.4, 0.5) is 0 Å².